The van der Waals surface area contributed by atoms with E-state index in [1.54, 1.807) is 50.2 Å². The van der Waals surface area contributed by atoms with E-state index in [-0.39, 0.29) is 28.8 Å². The smallest absolute Gasteiger partial charge is 0.322 e. The maximum Gasteiger partial charge on any atom is 0.322 e. The van der Waals surface area contributed by atoms with E-state index in [0.29, 0.717) is 11.5 Å². The third-order valence-corrected chi connectivity index (χ3v) is 6.74. The SMILES string of the molecule is COc1ccc(OC)c(C(=O)Nc2nnc(Cc3ccc(S(=O)(=O)C(C)C)cc3)o2)c1. The molecule has 0 radical (unpaired) electrons. The van der Waals surface area contributed by atoms with Gasteiger partial charge in [-0.1, -0.05) is 17.2 Å². The van der Waals surface area contributed by atoms with Crippen LogP contribution in [0.1, 0.15) is 35.7 Å². The van der Waals surface area contributed by atoms with Gasteiger partial charge in [0, 0.05) is 0 Å². The van der Waals surface area contributed by atoms with E-state index in [9.17, 15) is 13.2 Å². The number of hydrogen-bond donors (Lipinski definition) is 1. The summed E-state index contributed by atoms with van der Waals surface area (Å²) in [7, 11) is -0.373. The number of amides is 1. The van der Waals surface area contributed by atoms with E-state index in [1.165, 1.54) is 20.3 Å². The van der Waals surface area contributed by atoms with E-state index in [0.717, 1.165) is 5.56 Å². The van der Waals surface area contributed by atoms with Crippen LogP contribution in [0.4, 0.5) is 6.01 Å². The number of rotatable bonds is 8. The Morgan fingerprint density at radius 3 is 2.39 bits per heavy atom. The van der Waals surface area contributed by atoms with Crippen LogP contribution >= 0.6 is 0 Å². The molecule has 2 aromatic carbocycles. The van der Waals surface area contributed by atoms with Crippen LogP contribution in [0.5, 0.6) is 11.5 Å². The lowest BCUT2D eigenvalue weighted by molar-refractivity contribution is 0.102. The number of nitrogens with zero attached hydrogens (tertiary/aromatic N) is 2. The maximum atomic E-state index is 12.6. The van der Waals surface area contributed by atoms with E-state index >= 15 is 0 Å². The van der Waals surface area contributed by atoms with Gasteiger partial charge in [0.05, 0.1) is 36.3 Å². The normalized spacial score (nSPS) is 11.4. The molecule has 0 saturated heterocycles. The van der Waals surface area contributed by atoms with Crippen molar-refractivity contribution in [1.29, 1.82) is 0 Å². The number of carbonyl (C=O) groups is 1. The zero-order valence-corrected chi connectivity index (χ0v) is 18.4. The number of anilines is 1. The summed E-state index contributed by atoms with van der Waals surface area (Å²) in [6.45, 7) is 3.28. The number of sulfone groups is 1. The van der Waals surface area contributed by atoms with Crippen LogP contribution in [0.15, 0.2) is 51.8 Å². The van der Waals surface area contributed by atoms with Gasteiger partial charge in [-0.15, -0.1) is 5.10 Å². The molecule has 0 saturated carbocycles. The summed E-state index contributed by atoms with van der Waals surface area (Å²) in [6, 6.07) is 11.3. The van der Waals surface area contributed by atoms with Crippen LogP contribution in [-0.4, -0.2) is 44.0 Å². The van der Waals surface area contributed by atoms with Gasteiger partial charge < -0.3 is 13.9 Å². The first-order chi connectivity index (χ1) is 14.7. The highest BCUT2D eigenvalue weighted by Crippen LogP contribution is 2.25. The first kappa shape index (κ1) is 22.3. The highest BCUT2D eigenvalue weighted by Gasteiger charge is 2.19. The molecule has 0 aliphatic rings. The summed E-state index contributed by atoms with van der Waals surface area (Å²) in [6.07, 6.45) is 0.285. The Labute approximate surface area is 180 Å². The molecule has 1 aromatic heterocycles. The summed E-state index contributed by atoms with van der Waals surface area (Å²) in [5.41, 5.74) is 1.04. The zero-order valence-electron chi connectivity index (χ0n) is 17.6. The van der Waals surface area contributed by atoms with Crippen LogP contribution in [0, 0.1) is 0 Å². The minimum absolute atomic E-state index is 0.0659. The first-order valence-corrected chi connectivity index (χ1v) is 11.0. The molecule has 31 heavy (non-hydrogen) atoms. The summed E-state index contributed by atoms with van der Waals surface area (Å²) in [5.74, 6) is 0.649. The van der Waals surface area contributed by atoms with Crippen molar-refractivity contribution in [3.8, 4) is 11.5 Å². The fourth-order valence-corrected chi connectivity index (χ4v) is 3.84. The Kier molecular flexibility index (Phi) is 6.59. The predicted octanol–water partition coefficient (Wildman–Crippen LogP) is 3.11. The van der Waals surface area contributed by atoms with Crippen molar-refractivity contribution in [3.05, 3.63) is 59.5 Å². The second-order valence-corrected chi connectivity index (χ2v) is 9.44. The number of hydrogen-bond acceptors (Lipinski definition) is 8. The lowest BCUT2D eigenvalue weighted by atomic mass is 10.1. The van der Waals surface area contributed by atoms with E-state index in [1.807, 2.05) is 0 Å². The van der Waals surface area contributed by atoms with Crippen molar-refractivity contribution in [2.75, 3.05) is 19.5 Å². The number of benzene rings is 2. The molecule has 1 heterocycles. The molecule has 1 N–H and O–H groups in total. The average Bonchev–Trinajstić information content (AvgIpc) is 3.20. The van der Waals surface area contributed by atoms with Crippen molar-refractivity contribution in [2.24, 2.45) is 0 Å². The van der Waals surface area contributed by atoms with Crippen LogP contribution in [0.2, 0.25) is 0 Å². The lowest BCUT2D eigenvalue weighted by Gasteiger charge is -2.09. The molecule has 0 spiro atoms. The molecule has 9 nitrogen and oxygen atoms in total. The summed E-state index contributed by atoms with van der Waals surface area (Å²) >= 11 is 0. The Hall–Kier alpha value is -3.40. The quantitative estimate of drug-likeness (QED) is 0.561. The molecule has 0 atom stereocenters. The fraction of sp³-hybridized carbons (Fsp3) is 0.286. The van der Waals surface area contributed by atoms with Gasteiger partial charge >= 0.3 is 6.01 Å². The highest BCUT2D eigenvalue weighted by molar-refractivity contribution is 7.92. The van der Waals surface area contributed by atoms with Gasteiger partial charge in [0.25, 0.3) is 5.91 Å². The second-order valence-electron chi connectivity index (χ2n) is 6.94. The molecule has 1 amide bonds. The minimum atomic E-state index is -3.33. The molecule has 3 rings (SSSR count). The first-order valence-electron chi connectivity index (χ1n) is 9.43. The minimum Gasteiger partial charge on any atom is -0.497 e. The van der Waals surface area contributed by atoms with Gasteiger partial charge in [0.15, 0.2) is 9.84 Å². The van der Waals surface area contributed by atoms with Gasteiger partial charge in [0.2, 0.25) is 5.89 Å². The molecule has 0 bridgehead atoms. The van der Waals surface area contributed by atoms with E-state index in [2.05, 4.69) is 15.5 Å². The van der Waals surface area contributed by atoms with Crippen LogP contribution in [-0.2, 0) is 16.3 Å². The average molecular weight is 445 g/mol. The topological polar surface area (TPSA) is 121 Å². The fourth-order valence-electron chi connectivity index (χ4n) is 2.78. The monoisotopic (exact) mass is 445 g/mol. The number of aromatic nitrogens is 2. The predicted molar refractivity (Wildman–Crippen MR) is 113 cm³/mol. The van der Waals surface area contributed by atoms with Crippen molar-refractivity contribution in [3.63, 3.8) is 0 Å². The van der Waals surface area contributed by atoms with Crippen LogP contribution < -0.4 is 14.8 Å². The van der Waals surface area contributed by atoms with E-state index in [4.69, 9.17) is 13.9 Å². The molecule has 3 aromatic rings. The van der Waals surface area contributed by atoms with Crippen molar-refractivity contribution < 1.29 is 27.1 Å². The van der Waals surface area contributed by atoms with Crippen LogP contribution in [0.25, 0.3) is 0 Å². The molecule has 0 unspecified atom stereocenters. The molecule has 0 fully saturated rings. The summed E-state index contributed by atoms with van der Waals surface area (Å²) in [5, 5.41) is 9.81. The second kappa shape index (κ2) is 9.17. The van der Waals surface area contributed by atoms with Crippen LogP contribution in [0.3, 0.4) is 0 Å². The van der Waals surface area contributed by atoms with Gasteiger partial charge in [-0.2, -0.15) is 0 Å². The van der Waals surface area contributed by atoms with E-state index < -0.39 is 21.0 Å². The number of ether oxygens (including phenoxy) is 2. The molecular weight excluding hydrogens is 422 g/mol. The standard InChI is InChI=1S/C21H23N3O6S/c1-13(2)31(26,27)16-8-5-14(6-9-16)11-19-23-24-21(30-19)22-20(25)17-12-15(28-3)7-10-18(17)29-4/h5-10,12-13H,11H2,1-4H3,(H,22,24,25). The Morgan fingerprint density at radius 1 is 1.06 bits per heavy atom. The van der Waals surface area contributed by atoms with Gasteiger partial charge in [-0.3, -0.25) is 10.1 Å². The van der Waals surface area contributed by atoms with Gasteiger partial charge in [0.1, 0.15) is 11.5 Å². The largest absolute Gasteiger partial charge is 0.497 e. The summed E-state index contributed by atoms with van der Waals surface area (Å²) in [4.78, 5) is 12.8. The third-order valence-electron chi connectivity index (χ3n) is 4.57. The molecule has 0 aliphatic carbocycles. The number of nitrogens with one attached hydrogen (secondary N) is 1. The van der Waals surface area contributed by atoms with Gasteiger partial charge in [-0.25, -0.2) is 8.42 Å². The van der Waals surface area contributed by atoms with Crippen molar-refractivity contribution >= 4 is 21.8 Å². The molecule has 10 heteroatoms. The zero-order chi connectivity index (χ0) is 22.6. The maximum absolute atomic E-state index is 12.6. The summed E-state index contributed by atoms with van der Waals surface area (Å²) < 4.78 is 40.3. The molecule has 164 valence electrons. The number of carbonyl (C=O) groups excluding carboxylic acids is 1. The molecular formula is C21H23N3O6S. The Bertz CT molecular complexity index is 1170. The van der Waals surface area contributed by atoms with Crippen molar-refractivity contribution in [2.45, 2.75) is 30.4 Å². The lowest BCUT2D eigenvalue weighted by Crippen LogP contribution is -2.13. The Balaban J connectivity index is 1.71. The Morgan fingerprint density at radius 2 is 1.77 bits per heavy atom. The molecule has 0 aliphatic heterocycles. The highest BCUT2D eigenvalue weighted by atomic mass is 32.2. The van der Waals surface area contributed by atoms with Crippen molar-refractivity contribution in [1.82, 2.24) is 10.2 Å². The third kappa shape index (κ3) is 5.02. The number of methoxy groups -OCH3 is 2. The van der Waals surface area contributed by atoms with Gasteiger partial charge in [-0.05, 0) is 49.7 Å².